The second kappa shape index (κ2) is 7.63. The number of rotatable bonds is 6. The van der Waals surface area contributed by atoms with Gasteiger partial charge in [0, 0.05) is 12.1 Å². The third kappa shape index (κ3) is 4.23. The van der Waals surface area contributed by atoms with Gasteiger partial charge in [0.1, 0.15) is 5.75 Å². The van der Waals surface area contributed by atoms with E-state index in [1.54, 1.807) is 0 Å². The van der Waals surface area contributed by atoms with E-state index in [0.29, 0.717) is 19.6 Å². The quantitative estimate of drug-likeness (QED) is 0.843. The monoisotopic (exact) mass is 304 g/mol. The number of nitrogens with one attached hydrogen (secondary N) is 1. The van der Waals surface area contributed by atoms with E-state index in [4.69, 9.17) is 10.5 Å². The van der Waals surface area contributed by atoms with Crippen molar-refractivity contribution in [3.8, 4) is 5.75 Å². The number of ether oxygens (including phenoxy) is 1. The van der Waals surface area contributed by atoms with E-state index in [2.05, 4.69) is 5.32 Å². The molecule has 1 aliphatic rings. The molecule has 122 valence electrons. The van der Waals surface area contributed by atoms with Crippen LogP contribution in [0.3, 0.4) is 0 Å². The number of nitrogens with two attached hydrogens (primary N) is 1. The lowest BCUT2D eigenvalue weighted by Crippen LogP contribution is -2.36. The predicted octanol–water partition coefficient (Wildman–Crippen LogP) is 3.63. The highest BCUT2D eigenvalue weighted by atomic mass is 16.5. The van der Waals surface area contributed by atoms with E-state index in [1.165, 1.54) is 19.3 Å². The molecular formula is C18H28N2O2. The Morgan fingerprint density at radius 3 is 2.64 bits per heavy atom. The normalized spacial score (nSPS) is 17.0. The maximum absolute atomic E-state index is 12.4. The molecule has 0 aromatic heterocycles. The molecule has 0 atom stereocenters. The second-order valence-corrected chi connectivity index (χ2v) is 6.40. The van der Waals surface area contributed by atoms with Gasteiger partial charge in [-0.2, -0.15) is 0 Å². The molecule has 0 aliphatic heterocycles. The number of aryl methyl sites for hydroxylation is 1. The molecule has 22 heavy (non-hydrogen) atoms. The lowest BCUT2D eigenvalue weighted by Gasteiger charge is -2.35. The molecular weight excluding hydrogens is 276 g/mol. The second-order valence-electron chi connectivity index (χ2n) is 6.40. The van der Waals surface area contributed by atoms with E-state index in [0.717, 1.165) is 29.8 Å². The Hall–Kier alpha value is -1.55. The molecule has 1 aliphatic carbocycles. The minimum Gasteiger partial charge on any atom is -0.494 e. The first-order valence-electron chi connectivity index (χ1n) is 8.32. The predicted molar refractivity (Wildman–Crippen MR) is 90.2 cm³/mol. The molecule has 1 aromatic rings. The number of carbonyl (C=O) groups is 1. The first-order valence-corrected chi connectivity index (χ1v) is 8.32. The van der Waals surface area contributed by atoms with Gasteiger partial charge in [-0.15, -0.1) is 0 Å². The van der Waals surface area contributed by atoms with E-state index in [9.17, 15) is 4.79 Å². The zero-order valence-electron chi connectivity index (χ0n) is 13.8. The van der Waals surface area contributed by atoms with Crippen LogP contribution < -0.4 is 15.8 Å². The molecule has 3 N–H and O–H groups in total. The fraction of sp³-hybridized carbons (Fsp3) is 0.611. The van der Waals surface area contributed by atoms with Gasteiger partial charge in [-0.1, -0.05) is 19.3 Å². The van der Waals surface area contributed by atoms with Crippen molar-refractivity contribution in [3.63, 3.8) is 0 Å². The molecule has 0 saturated heterocycles. The zero-order chi connectivity index (χ0) is 16.0. The van der Waals surface area contributed by atoms with Crippen molar-refractivity contribution in [2.24, 2.45) is 11.1 Å². The Morgan fingerprint density at radius 2 is 2.05 bits per heavy atom. The molecule has 1 fully saturated rings. The van der Waals surface area contributed by atoms with E-state index in [1.807, 2.05) is 32.0 Å². The molecule has 1 aromatic carbocycles. The summed E-state index contributed by atoms with van der Waals surface area (Å²) in [6, 6.07) is 5.76. The van der Waals surface area contributed by atoms with Crippen LogP contribution in [0.4, 0.5) is 5.69 Å². The minimum atomic E-state index is 0.00149. The molecule has 0 bridgehead atoms. The zero-order valence-corrected chi connectivity index (χ0v) is 13.8. The van der Waals surface area contributed by atoms with Crippen molar-refractivity contribution >= 4 is 11.6 Å². The lowest BCUT2D eigenvalue weighted by molar-refractivity contribution is -0.118. The minimum absolute atomic E-state index is 0.00149. The van der Waals surface area contributed by atoms with Gasteiger partial charge < -0.3 is 15.8 Å². The van der Waals surface area contributed by atoms with E-state index >= 15 is 0 Å². The molecule has 4 nitrogen and oxygen atoms in total. The molecule has 0 spiro atoms. The highest BCUT2D eigenvalue weighted by Crippen LogP contribution is 2.38. The Balaban J connectivity index is 1.99. The number of amides is 1. The molecule has 2 rings (SSSR count). The SMILES string of the molecule is CCOc1ccc(NC(=O)CC2(CN)CCCCC2)c(C)c1. The van der Waals surface area contributed by atoms with Crippen LogP contribution >= 0.6 is 0 Å². The van der Waals surface area contributed by atoms with Crippen LogP contribution in [0, 0.1) is 12.3 Å². The number of hydrogen-bond donors (Lipinski definition) is 2. The van der Waals surface area contributed by atoms with Gasteiger partial charge in [0.05, 0.1) is 6.61 Å². The summed E-state index contributed by atoms with van der Waals surface area (Å²) in [7, 11) is 0. The van der Waals surface area contributed by atoms with Crippen LogP contribution in [0.5, 0.6) is 5.75 Å². The average Bonchev–Trinajstić information content (AvgIpc) is 2.51. The van der Waals surface area contributed by atoms with Gasteiger partial charge in [0.2, 0.25) is 5.91 Å². The summed E-state index contributed by atoms with van der Waals surface area (Å²) in [5.74, 6) is 0.906. The third-order valence-corrected chi connectivity index (χ3v) is 4.67. The Kier molecular flexibility index (Phi) is 5.83. The van der Waals surface area contributed by atoms with Crippen LogP contribution in [0.2, 0.25) is 0 Å². The highest BCUT2D eigenvalue weighted by Gasteiger charge is 2.33. The number of benzene rings is 1. The first-order chi connectivity index (χ1) is 10.6. The van der Waals surface area contributed by atoms with Crippen LogP contribution in [0.1, 0.15) is 51.0 Å². The summed E-state index contributed by atoms with van der Waals surface area (Å²) >= 11 is 0. The average molecular weight is 304 g/mol. The van der Waals surface area contributed by atoms with Crippen molar-refractivity contribution < 1.29 is 9.53 Å². The van der Waals surface area contributed by atoms with Gasteiger partial charge >= 0.3 is 0 Å². The molecule has 0 radical (unpaired) electrons. The number of hydrogen-bond acceptors (Lipinski definition) is 3. The van der Waals surface area contributed by atoms with Gasteiger partial charge in [0.15, 0.2) is 0 Å². The van der Waals surface area contributed by atoms with Crippen molar-refractivity contribution in [2.45, 2.75) is 52.4 Å². The largest absolute Gasteiger partial charge is 0.494 e. The summed E-state index contributed by atoms with van der Waals surface area (Å²) in [5, 5.41) is 3.04. The van der Waals surface area contributed by atoms with Crippen molar-refractivity contribution in [3.05, 3.63) is 23.8 Å². The van der Waals surface area contributed by atoms with Crippen molar-refractivity contribution in [1.29, 1.82) is 0 Å². The molecule has 1 saturated carbocycles. The Labute approximate surface area is 133 Å². The summed E-state index contributed by atoms with van der Waals surface area (Å²) in [4.78, 5) is 12.4. The Morgan fingerprint density at radius 1 is 1.32 bits per heavy atom. The summed E-state index contributed by atoms with van der Waals surface area (Å²) in [5.41, 5.74) is 7.84. The first kappa shape index (κ1) is 16.8. The van der Waals surface area contributed by atoms with Gasteiger partial charge in [-0.3, -0.25) is 4.79 Å². The van der Waals surface area contributed by atoms with E-state index in [-0.39, 0.29) is 11.3 Å². The topological polar surface area (TPSA) is 64.3 Å². The van der Waals surface area contributed by atoms with Crippen molar-refractivity contribution in [2.75, 3.05) is 18.5 Å². The Bertz CT molecular complexity index is 508. The maximum atomic E-state index is 12.4. The molecule has 4 heteroatoms. The van der Waals surface area contributed by atoms with Crippen molar-refractivity contribution in [1.82, 2.24) is 0 Å². The fourth-order valence-corrected chi connectivity index (χ4v) is 3.32. The van der Waals surface area contributed by atoms with E-state index < -0.39 is 0 Å². The fourth-order valence-electron chi connectivity index (χ4n) is 3.32. The number of carbonyl (C=O) groups excluding carboxylic acids is 1. The standard InChI is InChI=1S/C18H28N2O2/c1-3-22-15-7-8-16(14(2)11-15)20-17(21)12-18(13-19)9-5-4-6-10-18/h7-8,11H,3-6,9-10,12-13,19H2,1-2H3,(H,20,21). The third-order valence-electron chi connectivity index (χ3n) is 4.67. The van der Waals surface area contributed by atoms with Gasteiger partial charge in [-0.25, -0.2) is 0 Å². The van der Waals surface area contributed by atoms with Crippen LogP contribution in [-0.2, 0) is 4.79 Å². The summed E-state index contributed by atoms with van der Waals surface area (Å²) in [6.07, 6.45) is 6.30. The van der Waals surface area contributed by atoms with Gasteiger partial charge in [0.25, 0.3) is 0 Å². The van der Waals surface area contributed by atoms with Gasteiger partial charge in [-0.05, 0) is 62.4 Å². The highest BCUT2D eigenvalue weighted by molar-refractivity contribution is 5.92. The maximum Gasteiger partial charge on any atom is 0.224 e. The van der Waals surface area contributed by atoms with Crippen LogP contribution in [0.25, 0.3) is 0 Å². The molecule has 0 heterocycles. The molecule has 0 unspecified atom stereocenters. The number of anilines is 1. The summed E-state index contributed by atoms with van der Waals surface area (Å²) < 4.78 is 5.47. The summed E-state index contributed by atoms with van der Waals surface area (Å²) in [6.45, 7) is 5.19. The van der Waals surface area contributed by atoms with Crippen LogP contribution in [0.15, 0.2) is 18.2 Å². The lowest BCUT2D eigenvalue weighted by atomic mass is 9.71. The molecule has 1 amide bonds. The smallest absolute Gasteiger partial charge is 0.224 e. The van der Waals surface area contributed by atoms with Crippen LogP contribution in [-0.4, -0.2) is 19.1 Å².